The number of ether oxygens (including phenoxy) is 1. The van der Waals surface area contributed by atoms with Crippen LogP contribution < -0.4 is 0 Å². The molecule has 1 saturated heterocycles. The second-order valence-corrected chi connectivity index (χ2v) is 10.6. The zero-order valence-corrected chi connectivity index (χ0v) is 14.7. The molecule has 0 amide bonds. The second kappa shape index (κ2) is 3.77. The van der Waals surface area contributed by atoms with E-state index in [4.69, 9.17) is 4.74 Å². The van der Waals surface area contributed by atoms with E-state index in [1.165, 1.54) is 38.5 Å². The topological polar surface area (TPSA) is 32.8 Å². The summed E-state index contributed by atoms with van der Waals surface area (Å²) in [7, 11) is 0. The molecule has 1 aliphatic heterocycles. The first-order valence-corrected chi connectivity index (χ1v) is 9.58. The van der Waals surface area contributed by atoms with Crippen molar-refractivity contribution in [1.82, 2.24) is 0 Å². The fraction of sp³-hybridized carbons (Fsp3) is 1.00. The Balaban J connectivity index is 1.57. The van der Waals surface area contributed by atoms with Gasteiger partial charge < -0.3 is 9.84 Å². The molecule has 124 valence electrons. The van der Waals surface area contributed by atoms with Crippen molar-refractivity contribution in [3.05, 3.63) is 0 Å². The van der Waals surface area contributed by atoms with Crippen molar-refractivity contribution in [2.45, 2.75) is 91.0 Å². The smallest absolute Gasteiger partial charge is 0.0906 e. The third-order valence-electron chi connectivity index (χ3n) is 9.38. The van der Waals surface area contributed by atoms with Crippen LogP contribution in [0.15, 0.2) is 0 Å². The number of fused-ring (bicyclic) bond motifs is 5. The van der Waals surface area contributed by atoms with Gasteiger partial charge in [-0.3, -0.25) is 0 Å². The number of hydrogen-bond donors (Lipinski definition) is 1. The van der Waals surface area contributed by atoms with Gasteiger partial charge in [0.25, 0.3) is 0 Å². The largest absolute Gasteiger partial charge is 0.393 e. The zero-order valence-electron chi connectivity index (χ0n) is 14.7. The molecular formula is C20H32O2. The van der Waals surface area contributed by atoms with Crippen molar-refractivity contribution < 1.29 is 9.84 Å². The number of aliphatic hydroxyl groups is 1. The summed E-state index contributed by atoms with van der Waals surface area (Å²) in [6, 6.07) is 0. The minimum atomic E-state index is -0.109. The predicted octanol–water partition coefficient (Wildman–Crippen LogP) is 4.16. The normalized spacial score (nSPS) is 64.5. The van der Waals surface area contributed by atoms with Gasteiger partial charge in [0.15, 0.2) is 0 Å². The number of epoxide rings is 1. The first kappa shape index (κ1) is 14.3. The van der Waals surface area contributed by atoms with Crippen LogP contribution >= 0.6 is 0 Å². The molecule has 5 aliphatic rings. The summed E-state index contributed by atoms with van der Waals surface area (Å²) in [5, 5.41) is 10.6. The summed E-state index contributed by atoms with van der Waals surface area (Å²) in [5.74, 6) is 1.51. The Bertz CT molecular complexity index is 528. The summed E-state index contributed by atoms with van der Waals surface area (Å²) in [5.41, 5.74) is 1.47. The average Bonchev–Trinajstić information content (AvgIpc) is 3.21. The highest BCUT2D eigenvalue weighted by Gasteiger charge is 2.77. The van der Waals surface area contributed by atoms with E-state index in [2.05, 4.69) is 27.7 Å². The van der Waals surface area contributed by atoms with Crippen LogP contribution in [0.4, 0.5) is 0 Å². The summed E-state index contributed by atoms with van der Waals surface area (Å²) < 4.78 is 6.23. The van der Waals surface area contributed by atoms with E-state index in [1.807, 2.05) is 0 Å². The third kappa shape index (κ3) is 1.38. The summed E-state index contributed by atoms with van der Waals surface area (Å²) in [6.45, 7) is 9.73. The predicted molar refractivity (Wildman–Crippen MR) is 86.4 cm³/mol. The molecule has 1 spiro atoms. The van der Waals surface area contributed by atoms with Crippen LogP contribution in [0.5, 0.6) is 0 Å². The van der Waals surface area contributed by atoms with Gasteiger partial charge >= 0.3 is 0 Å². The van der Waals surface area contributed by atoms with E-state index in [0.717, 1.165) is 12.3 Å². The van der Waals surface area contributed by atoms with Gasteiger partial charge in [0.05, 0.1) is 18.3 Å². The Labute approximate surface area is 135 Å². The highest BCUT2D eigenvalue weighted by atomic mass is 16.6. The average molecular weight is 304 g/mol. The Morgan fingerprint density at radius 1 is 0.864 bits per heavy atom. The first-order valence-electron chi connectivity index (χ1n) is 9.58. The van der Waals surface area contributed by atoms with Gasteiger partial charge in [-0.05, 0) is 73.0 Å². The van der Waals surface area contributed by atoms with Gasteiger partial charge in [-0.2, -0.15) is 0 Å². The lowest BCUT2D eigenvalue weighted by molar-refractivity contribution is -0.197. The quantitative estimate of drug-likeness (QED) is 0.682. The molecule has 0 aromatic carbocycles. The molecule has 1 N–H and O–H groups in total. The van der Waals surface area contributed by atoms with Crippen LogP contribution in [0.2, 0.25) is 0 Å². The van der Waals surface area contributed by atoms with E-state index < -0.39 is 0 Å². The van der Waals surface area contributed by atoms with E-state index in [1.54, 1.807) is 0 Å². The van der Waals surface area contributed by atoms with Crippen molar-refractivity contribution in [3.8, 4) is 0 Å². The molecule has 0 aromatic rings. The van der Waals surface area contributed by atoms with Gasteiger partial charge in [0, 0.05) is 5.41 Å². The molecule has 22 heavy (non-hydrogen) atoms. The SMILES string of the molecule is CC1(C)[C@H](O)CC[C@]2(C)[C@@H]1CC[C@]13C[C@](C)(CC[C@H]12)C1OC13. The maximum absolute atomic E-state index is 10.6. The zero-order chi connectivity index (χ0) is 15.5. The monoisotopic (exact) mass is 304 g/mol. The lowest BCUT2D eigenvalue weighted by atomic mass is 9.40. The van der Waals surface area contributed by atoms with Crippen molar-refractivity contribution in [1.29, 1.82) is 0 Å². The maximum atomic E-state index is 10.6. The van der Waals surface area contributed by atoms with Crippen LogP contribution in [0.25, 0.3) is 0 Å². The molecule has 2 heteroatoms. The maximum Gasteiger partial charge on any atom is 0.0906 e. The van der Waals surface area contributed by atoms with Crippen molar-refractivity contribution >= 4 is 0 Å². The Morgan fingerprint density at radius 3 is 2.36 bits per heavy atom. The van der Waals surface area contributed by atoms with Crippen LogP contribution in [0, 0.1) is 33.5 Å². The fourth-order valence-corrected chi connectivity index (χ4v) is 8.35. The Hall–Kier alpha value is -0.0800. The molecule has 8 atom stereocenters. The van der Waals surface area contributed by atoms with Crippen molar-refractivity contribution in [2.75, 3.05) is 0 Å². The Morgan fingerprint density at radius 2 is 1.59 bits per heavy atom. The van der Waals surface area contributed by atoms with Crippen molar-refractivity contribution in [2.24, 2.45) is 33.5 Å². The highest BCUT2D eigenvalue weighted by molar-refractivity contribution is 5.25. The molecule has 5 rings (SSSR count). The minimum absolute atomic E-state index is 0.0811. The molecule has 2 bridgehead atoms. The van der Waals surface area contributed by atoms with E-state index >= 15 is 0 Å². The minimum Gasteiger partial charge on any atom is -0.393 e. The molecule has 1 heterocycles. The first-order chi connectivity index (χ1) is 10.2. The molecule has 0 radical (unpaired) electrons. The standard InChI is InChI=1S/C20H32O2/c1-17(2)12-6-10-20-11-18(3,15-16(20)22-15)8-5-13(20)19(12,4)9-7-14(17)21/h12-16,21H,5-11H2,1-4H3/t12-,13+,14-,15?,16?,18+,19-,20+/m1/s1. The molecule has 0 aromatic heterocycles. The molecule has 5 fully saturated rings. The van der Waals surface area contributed by atoms with E-state index in [-0.39, 0.29) is 11.5 Å². The van der Waals surface area contributed by atoms with Gasteiger partial charge in [0.1, 0.15) is 0 Å². The molecule has 2 nitrogen and oxygen atoms in total. The van der Waals surface area contributed by atoms with Crippen molar-refractivity contribution in [3.63, 3.8) is 0 Å². The lowest BCUT2D eigenvalue weighted by Gasteiger charge is -2.65. The number of rotatable bonds is 0. The van der Waals surface area contributed by atoms with Gasteiger partial charge in [-0.15, -0.1) is 0 Å². The van der Waals surface area contributed by atoms with Crippen LogP contribution in [0.3, 0.4) is 0 Å². The van der Waals surface area contributed by atoms with Gasteiger partial charge in [-0.25, -0.2) is 0 Å². The van der Waals surface area contributed by atoms with Crippen LogP contribution in [-0.4, -0.2) is 23.4 Å². The summed E-state index contributed by atoms with van der Waals surface area (Å²) in [4.78, 5) is 0. The van der Waals surface area contributed by atoms with E-state index in [0.29, 0.717) is 34.4 Å². The van der Waals surface area contributed by atoms with Crippen LogP contribution in [-0.2, 0) is 4.74 Å². The Kier molecular flexibility index (Phi) is 2.45. The number of aliphatic hydroxyl groups excluding tert-OH is 1. The molecule has 2 unspecified atom stereocenters. The summed E-state index contributed by atoms with van der Waals surface area (Å²) in [6.07, 6.45) is 10.1. The third-order valence-corrected chi connectivity index (χ3v) is 9.38. The fourth-order valence-electron chi connectivity index (χ4n) is 8.35. The molecule has 4 saturated carbocycles. The highest BCUT2D eigenvalue weighted by Crippen LogP contribution is 2.77. The van der Waals surface area contributed by atoms with Gasteiger partial charge in [0.2, 0.25) is 0 Å². The second-order valence-electron chi connectivity index (χ2n) is 10.6. The van der Waals surface area contributed by atoms with Gasteiger partial charge in [-0.1, -0.05) is 27.7 Å². The number of hydrogen-bond acceptors (Lipinski definition) is 2. The molecule has 4 aliphatic carbocycles. The molecular weight excluding hydrogens is 272 g/mol. The van der Waals surface area contributed by atoms with E-state index in [9.17, 15) is 5.11 Å². The summed E-state index contributed by atoms with van der Waals surface area (Å²) >= 11 is 0. The lowest BCUT2D eigenvalue weighted by Crippen LogP contribution is -2.60. The van der Waals surface area contributed by atoms with Crippen LogP contribution in [0.1, 0.15) is 72.6 Å².